The molecule has 0 unspecified atom stereocenters. The Morgan fingerprint density at radius 3 is 2.62 bits per heavy atom. The van der Waals surface area contributed by atoms with Crippen LogP contribution in [0.3, 0.4) is 0 Å². The van der Waals surface area contributed by atoms with E-state index in [-0.39, 0.29) is 18.4 Å². The van der Waals surface area contributed by atoms with Crippen LogP contribution in [0.2, 0.25) is 0 Å². The van der Waals surface area contributed by atoms with Gasteiger partial charge >= 0.3 is 0 Å². The zero-order valence-electron chi connectivity index (χ0n) is 13.8. The molecule has 4 aromatic rings. The summed E-state index contributed by atoms with van der Waals surface area (Å²) in [5.41, 5.74) is 11.1. The molecular formula is C20H17BrClN3O. The van der Waals surface area contributed by atoms with E-state index in [2.05, 4.69) is 26.1 Å². The van der Waals surface area contributed by atoms with Gasteiger partial charge < -0.3 is 10.3 Å². The zero-order valence-corrected chi connectivity index (χ0v) is 16.2. The summed E-state index contributed by atoms with van der Waals surface area (Å²) in [6.07, 6.45) is 2.43. The number of nitrogens with two attached hydrogens (primary N) is 1. The molecule has 0 aliphatic rings. The molecule has 2 N–H and O–H groups in total. The van der Waals surface area contributed by atoms with Gasteiger partial charge in [0.15, 0.2) is 5.58 Å². The molecule has 0 bridgehead atoms. The monoisotopic (exact) mass is 429 g/mol. The van der Waals surface area contributed by atoms with Crippen molar-refractivity contribution in [1.29, 1.82) is 0 Å². The second-order valence-electron chi connectivity index (χ2n) is 5.86. The maximum Gasteiger partial charge on any atom is 0.167 e. The van der Waals surface area contributed by atoms with Crippen LogP contribution < -0.4 is 5.73 Å². The molecule has 0 saturated carbocycles. The van der Waals surface area contributed by atoms with E-state index in [1.165, 1.54) is 0 Å². The van der Waals surface area contributed by atoms with Crippen LogP contribution in [0.4, 0.5) is 0 Å². The molecule has 0 amide bonds. The summed E-state index contributed by atoms with van der Waals surface area (Å²) < 4.78 is 6.44. The highest BCUT2D eigenvalue weighted by Crippen LogP contribution is 2.37. The van der Waals surface area contributed by atoms with E-state index in [1.54, 1.807) is 6.20 Å². The molecule has 6 heteroatoms. The number of nitrogens with zero attached hydrogens (tertiary/aromatic N) is 2. The van der Waals surface area contributed by atoms with Crippen LogP contribution in [0.15, 0.2) is 75.9 Å². The molecule has 4 rings (SSSR count). The standard InChI is InChI=1S/C20H16BrN3O.ClH/c21-16-9-5-8-15(20-14-7-1-2-10-18(14)25-24-20)19(16)17(22)12-13-6-3-4-11-23-13;/h1-11,17H,12,22H2;1H/t17-;/m0./s1. The first-order chi connectivity index (χ1) is 12.2. The molecule has 26 heavy (non-hydrogen) atoms. The Morgan fingerprint density at radius 1 is 1.00 bits per heavy atom. The first kappa shape index (κ1) is 18.6. The van der Waals surface area contributed by atoms with E-state index >= 15 is 0 Å². The number of aromatic nitrogens is 2. The van der Waals surface area contributed by atoms with Crippen LogP contribution in [-0.4, -0.2) is 10.1 Å². The third-order valence-corrected chi connectivity index (χ3v) is 4.90. The molecule has 0 spiro atoms. The van der Waals surface area contributed by atoms with Gasteiger partial charge in [-0.15, -0.1) is 12.4 Å². The summed E-state index contributed by atoms with van der Waals surface area (Å²) in [4.78, 5) is 4.39. The third-order valence-electron chi connectivity index (χ3n) is 4.21. The molecule has 132 valence electrons. The van der Waals surface area contributed by atoms with Gasteiger partial charge in [0.2, 0.25) is 0 Å². The van der Waals surface area contributed by atoms with Crippen molar-refractivity contribution in [2.75, 3.05) is 0 Å². The lowest BCUT2D eigenvalue weighted by Gasteiger charge is -2.17. The van der Waals surface area contributed by atoms with Crippen molar-refractivity contribution in [2.45, 2.75) is 12.5 Å². The molecule has 2 heterocycles. The van der Waals surface area contributed by atoms with Gasteiger partial charge in [-0.05, 0) is 35.9 Å². The van der Waals surface area contributed by atoms with Gasteiger partial charge in [-0.3, -0.25) is 4.98 Å². The topological polar surface area (TPSA) is 64.9 Å². The normalized spacial score (nSPS) is 11.9. The van der Waals surface area contributed by atoms with Crippen molar-refractivity contribution in [3.05, 3.63) is 82.6 Å². The molecule has 0 radical (unpaired) electrons. The van der Waals surface area contributed by atoms with Crippen LogP contribution in [0.25, 0.3) is 22.2 Å². The number of hydrogen-bond donors (Lipinski definition) is 1. The fourth-order valence-electron chi connectivity index (χ4n) is 3.05. The lowest BCUT2D eigenvalue weighted by Crippen LogP contribution is -2.16. The fourth-order valence-corrected chi connectivity index (χ4v) is 3.71. The lowest BCUT2D eigenvalue weighted by atomic mass is 9.94. The smallest absolute Gasteiger partial charge is 0.167 e. The predicted octanol–water partition coefficient (Wildman–Crippen LogP) is 5.32. The van der Waals surface area contributed by atoms with Gasteiger partial charge in [0.25, 0.3) is 0 Å². The summed E-state index contributed by atoms with van der Waals surface area (Å²) in [6, 6.07) is 19.5. The lowest BCUT2D eigenvalue weighted by molar-refractivity contribution is 0.459. The van der Waals surface area contributed by atoms with Crippen LogP contribution >= 0.6 is 28.3 Å². The molecule has 0 aliphatic carbocycles. The number of fused-ring (bicyclic) bond motifs is 1. The number of para-hydroxylation sites is 1. The van der Waals surface area contributed by atoms with E-state index in [1.807, 2.05) is 60.7 Å². The number of halogens is 2. The van der Waals surface area contributed by atoms with Gasteiger partial charge in [-0.1, -0.05) is 51.4 Å². The molecule has 1 atom stereocenters. The summed E-state index contributed by atoms with van der Waals surface area (Å²) in [5.74, 6) is 0. The first-order valence-corrected chi connectivity index (χ1v) is 8.82. The largest absolute Gasteiger partial charge is 0.356 e. The maximum atomic E-state index is 6.55. The average molecular weight is 431 g/mol. The molecule has 0 aliphatic heterocycles. The van der Waals surface area contributed by atoms with Crippen LogP contribution in [0.1, 0.15) is 17.3 Å². The van der Waals surface area contributed by atoms with Crippen LogP contribution in [0, 0.1) is 0 Å². The summed E-state index contributed by atoms with van der Waals surface area (Å²) >= 11 is 3.65. The predicted molar refractivity (Wildman–Crippen MR) is 109 cm³/mol. The molecule has 2 aromatic carbocycles. The quantitative estimate of drug-likeness (QED) is 0.476. The fraction of sp³-hybridized carbons (Fsp3) is 0.100. The van der Waals surface area contributed by atoms with Gasteiger partial charge in [0.05, 0.1) is 0 Å². The van der Waals surface area contributed by atoms with Gasteiger partial charge in [0, 0.05) is 39.8 Å². The van der Waals surface area contributed by atoms with Crippen molar-refractivity contribution in [3.63, 3.8) is 0 Å². The average Bonchev–Trinajstić information content (AvgIpc) is 3.06. The number of rotatable bonds is 4. The van der Waals surface area contributed by atoms with Gasteiger partial charge in [0.1, 0.15) is 5.69 Å². The minimum absolute atomic E-state index is 0. The highest BCUT2D eigenvalue weighted by molar-refractivity contribution is 9.10. The van der Waals surface area contributed by atoms with E-state index < -0.39 is 0 Å². The molecule has 4 nitrogen and oxygen atoms in total. The number of benzene rings is 2. The Kier molecular flexibility index (Phi) is 5.71. The molecule has 0 saturated heterocycles. The third kappa shape index (κ3) is 3.51. The van der Waals surface area contributed by atoms with Gasteiger partial charge in [-0.2, -0.15) is 0 Å². The zero-order chi connectivity index (χ0) is 17.2. The SMILES string of the molecule is Cl.N[C@@H](Cc1ccccn1)c1c(Br)cccc1-c1noc2ccccc12. The van der Waals surface area contributed by atoms with Crippen molar-refractivity contribution >= 4 is 39.3 Å². The Balaban J connectivity index is 0.00000196. The van der Waals surface area contributed by atoms with Gasteiger partial charge in [-0.25, -0.2) is 0 Å². The minimum Gasteiger partial charge on any atom is -0.356 e. The second-order valence-corrected chi connectivity index (χ2v) is 6.71. The highest BCUT2D eigenvalue weighted by atomic mass is 79.9. The first-order valence-electron chi connectivity index (χ1n) is 8.02. The van der Waals surface area contributed by atoms with E-state index in [0.717, 1.165) is 38.0 Å². The van der Waals surface area contributed by atoms with E-state index in [9.17, 15) is 0 Å². The number of hydrogen-bond acceptors (Lipinski definition) is 4. The van der Waals surface area contributed by atoms with Crippen molar-refractivity contribution in [3.8, 4) is 11.3 Å². The molecule has 0 fully saturated rings. The maximum absolute atomic E-state index is 6.55. The molecular weight excluding hydrogens is 414 g/mol. The second kappa shape index (κ2) is 7.99. The molecule has 2 aromatic heterocycles. The summed E-state index contributed by atoms with van der Waals surface area (Å²) in [7, 11) is 0. The summed E-state index contributed by atoms with van der Waals surface area (Å²) in [5, 5.41) is 5.27. The van der Waals surface area contributed by atoms with E-state index in [4.69, 9.17) is 10.3 Å². The minimum atomic E-state index is -0.212. The highest BCUT2D eigenvalue weighted by Gasteiger charge is 2.20. The summed E-state index contributed by atoms with van der Waals surface area (Å²) in [6.45, 7) is 0. The van der Waals surface area contributed by atoms with Crippen LogP contribution in [0.5, 0.6) is 0 Å². The van der Waals surface area contributed by atoms with E-state index in [0.29, 0.717) is 6.42 Å². The van der Waals surface area contributed by atoms with Crippen molar-refractivity contribution in [1.82, 2.24) is 10.1 Å². The van der Waals surface area contributed by atoms with Crippen molar-refractivity contribution < 1.29 is 4.52 Å². The Labute approximate surface area is 166 Å². The van der Waals surface area contributed by atoms with Crippen LogP contribution in [-0.2, 0) is 6.42 Å². The van der Waals surface area contributed by atoms with Crippen molar-refractivity contribution in [2.24, 2.45) is 5.73 Å². The Morgan fingerprint density at radius 2 is 1.81 bits per heavy atom. The Hall–Kier alpha value is -2.21. The Bertz CT molecular complexity index is 1020. The number of pyridine rings is 1.